The molecule has 1 atom stereocenters. The Kier molecular flexibility index (Phi) is 4.85. The van der Waals surface area contributed by atoms with E-state index in [1.54, 1.807) is 12.1 Å². The number of ether oxygens (including phenoxy) is 1. The van der Waals surface area contributed by atoms with Crippen LogP contribution in [0.2, 0.25) is 0 Å². The molecule has 5 nitrogen and oxygen atoms in total. The first kappa shape index (κ1) is 16.5. The molecular weight excluding hydrogens is 324 g/mol. The van der Waals surface area contributed by atoms with Gasteiger partial charge in [-0.05, 0) is 43.5 Å². The third-order valence-corrected chi connectivity index (χ3v) is 5.02. The zero-order chi connectivity index (χ0) is 17.1. The lowest BCUT2D eigenvalue weighted by atomic mass is 10.1. The fourth-order valence-corrected chi connectivity index (χ4v) is 3.32. The van der Waals surface area contributed by atoms with Gasteiger partial charge >= 0.3 is 0 Å². The summed E-state index contributed by atoms with van der Waals surface area (Å²) in [6.07, 6.45) is 2.14. The van der Waals surface area contributed by atoms with Gasteiger partial charge in [0.25, 0.3) is 5.91 Å². The Morgan fingerprint density at radius 3 is 2.79 bits per heavy atom. The van der Waals surface area contributed by atoms with E-state index in [9.17, 15) is 9.59 Å². The molecule has 0 bridgehead atoms. The zero-order valence-electron chi connectivity index (χ0n) is 13.5. The van der Waals surface area contributed by atoms with Gasteiger partial charge in [-0.15, -0.1) is 0 Å². The number of pyridine rings is 1. The molecule has 1 fully saturated rings. The summed E-state index contributed by atoms with van der Waals surface area (Å²) >= 11 is 1.26. The number of rotatable bonds is 4. The lowest BCUT2D eigenvalue weighted by Gasteiger charge is -2.11. The number of benzene rings is 1. The number of aryl methyl sites for hydroxylation is 1. The van der Waals surface area contributed by atoms with Crippen molar-refractivity contribution in [3.63, 3.8) is 0 Å². The Balaban J connectivity index is 1.67. The molecule has 2 aromatic rings. The zero-order valence-corrected chi connectivity index (χ0v) is 14.4. The standard InChI is InChI=1S/C18H18N2O3S/c1-11-4-3-5-15(12(11)2)23-16-7-6-13(10-19-16)17(21)20-14-8-9-24-18(14)22/h3-7,10,14H,8-9H2,1-2H3,(H,20,21)/t14-/m0/s1. The molecule has 1 N–H and O–H groups in total. The number of hydrogen-bond acceptors (Lipinski definition) is 5. The molecule has 0 unspecified atom stereocenters. The number of thioether (sulfide) groups is 1. The van der Waals surface area contributed by atoms with Gasteiger partial charge in [-0.3, -0.25) is 9.59 Å². The van der Waals surface area contributed by atoms with Crippen molar-refractivity contribution in [2.75, 3.05) is 5.75 Å². The molecule has 2 heterocycles. The van der Waals surface area contributed by atoms with Gasteiger partial charge in [0, 0.05) is 18.0 Å². The van der Waals surface area contributed by atoms with Crippen molar-refractivity contribution in [3.05, 3.63) is 53.2 Å². The summed E-state index contributed by atoms with van der Waals surface area (Å²) < 4.78 is 5.77. The predicted octanol–water partition coefficient (Wildman–Crippen LogP) is 3.25. The first-order chi connectivity index (χ1) is 11.5. The molecule has 0 spiro atoms. The van der Waals surface area contributed by atoms with Crippen LogP contribution in [-0.4, -0.2) is 27.8 Å². The molecule has 1 aromatic heterocycles. The summed E-state index contributed by atoms with van der Waals surface area (Å²) in [4.78, 5) is 27.9. The molecule has 1 saturated heterocycles. The highest BCUT2D eigenvalue weighted by atomic mass is 32.2. The second-order valence-electron chi connectivity index (χ2n) is 5.67. The van der Waals surface area contributed by atoms with Crippen LogP contribution in [0.15, 0.2) is 36.5 Å². The molecule has 0 saturated carbocycles. The third-order valence-electron chi connectivity index (χ3n) is 4.01. The van der Waals surface area contributed by atoms with Crippen LogP contribution in [-0.2, 0) is 4.79 Å². The third kappa shape index (κ3) is 3.59. The molecule has 3 rings (SSSR count). The Morgan fingerprint density at radius 2 is 2.12 bits per heavy atom. The molecule has 1 amide bonds. The molecule has 124 valence electrons. The van der Waals surface area contributed by atoms with Gasteiger partial charge in [-0.25, -0.2) is 4.98 Å². The second-order valence-corrected chi connectivity index (χ2v) is 6.77. The van der Waals surface area contributed by atoms with E-state index >= 15 is 0 Å². The quantitative estimate of drug-likeness (QED) is 0.924. The van der Waals surface area contributed by atoms with Crippen molar-refractivity contribution in [2.45, 2.75) is 26.3 Å². The van der Waals surface area contributed by atoms with Crippen LogP contribution in [0.5, 0.6) is 11.6 Å². The average Bonchev–Trinajstić information content (AvgIpc) is 2.97. The number of hydrogen-bond donors (Lipinski definition) is 1. The second kappa shape index (κ2) is 7.05. The van der Waals surface area contributed by atoms with E-state index < -0.39 is 6.04 Å². The number of nitrogens with zero attached hydrogens (tertiary/aromatic N) is 1. The van der Waals surface area contributed by atoms with Crippen LogP contribution in [0.3, 0.4) is 0 Å². The van der Waals surface area contributed by atoms with Gasteiger partial charge in [-0.1, -0.05) is 23.9 Å². The molecule has 6 heteroatoms. The highest BCUT2D eigenvalue weighted by Gasteiger charge is 2.27. The van der Waals surface area contributed by atoms with Gasteiger partial charge < -0.3 is 10.1 Å². The van der Waals surface area contributed by atoms with E-state index in [4.69, 9.17) is 4.74 Å². The van der Waals surface area contributed by atoms with E-state index in [1.807, 2.05) is 32.0 Å². The lowest BCUT2D eigenvalue weighted by Crippen LogP contribution is -2.37. The largest absolute Gasteiger partial charge is 0.439 e. The van der Waals surface area contributed by atoms with Crippen LogP contribution in [0.4, 0.5) is 0 Å². The maximum absolute atomic E-state index is 12.2. The van der Waals surface area contributed by atoms with Gasteiger partial charge in [0.2, 0.25) is 11.0 Å². The first-order valence-corrected chi connectivity index (χ1v) is 8.71. The van der Waals surface area contributed by atoms with Crippen LogP contribution in [0.25, 0.3) is 0 Å². The minimum Gasteiger partial charge on any atom is -0.439 e. The number of aromatic nitrogens is 1. The summed E-state index contributed by atoms with van der Waals surface area (Å²) in [6.45, 7) is 4.01. The van der Waals surface area contributed by atoms with E-state index in [0.717, 1.165) is 22.6 Å². The Hall–Kier alpha value is -2.34. The number of carbonyl (C=O) groups excluding carboxylic acids is 2. The summed E-state index contributed by atoms with van der Waals surface area (Å²) in [5.41, 5.74) is 2.61. The van der Waals surface area contributed by atoms with Crippen molar-refractivity contribution < 1.29 is 14.3 Å². The molecule has 0 aliphatic carbocycles. The summed E-state index contributed by atoms with van der Waals surface area (Å²) in [5.74, 6) is 1.63. The van der Waals surface area contributed by atoms with E-state index in [1.165, 1.54) is 18.0 Å². The minimum absolute atomic E-state index is 0.0196. The number of carbonyl (C=O) groups is 2. The fourth-order valence-electron chi connectivity index (χ4n) is 2.39. The average molecular weight is 342 g/mol. The monoisotopic (exact) mass is 342 g/mol. The summed E-state index contributed by atoms with van der Waals surface area (Å²) in [6, 6.07) is 8.74. The Morgan fingerprint density at radius 1 is 1.29 bits per heavy atom. The Labute approximate surface area is 144 Å². The Bertz CT molecular complexity index is 774. The van der Waals surface area contributed by atoms with Crippen molar-refractivity contribution in [1.82, 2.24) is 10.3 Å². The predicted molar refractivity (Wildman–Crippen MR) is 93.6 cm³/mol. The van der Waals surface area contributed by atoms with E-state index in [2.05, 4.69) is 10.3 Å². The van der Waals surface area contributed by atoms with Gasteiger partial charge in [0.15, 0.2) is 0 Å². The molecule has 24 heavy (non-hydrogen) atoms. The molecule has 0 radical (unpaired) electrons. The van der Waals surface area contributed by atoms with E-state index in [-0.39, 0.29) is 11.0 Å². The summed E-state index contributed by atoms with van der Waals surface area (Å²) in [7, 11) is 0. The lowest BCUT2D eigenvalue weighted by molar-refractivity contribution is -0.112. The van der Waals surface area contributed by atoms with Crippen molar-refractivity contribution in [1.29, 1.82) is 0 Å². The molecular formula is C18H18N2O3S. The van der Waals surface area contributed by atoms with Crippen LogP contribution >= 0.6 is 11.8 Å². The smallest absolute Gasteiger partial charge is 0.253 e. The highest BCUT2D eigenvalue weighted by molar-refractivity contribution is 8.14. The van der Waals surface area contributed by atoms with Gasteiger partial charge in [0.05, 0.1) is 11.6 Å². The van der Waals surface area contributed by atoms with Crippen molar-refractivity contribution in [2.24, 2.45) is 0 Å². The van der Waals surface area contributed by atoms with Crippen LogP contribution in [0.1, 0.15) is 27.9 Å². The van der Waals surface area contributed by atoms with E-state index in [0.29, 0.717) is 17.9 Å². The minimum atomic E-state index is -0.395. The van der Waals surface area contributed by atoms with Crippen LogP contribution in [0, 0.1) is 13.8 Å². The summed E-state index contributed by atoms with van der Waals surface area (Å²) in [5, 5.41) is 2.76. The maximum atomic E-state index is 12.2. The van der Waals surface area contributed by atoms with Gasteiger partial charge in [0.1, 0.15) is 5.75 Å². The van der Waals surface area contributed by atoms with Crippen LogP contribution < -0.4 is 10.1 Å². The molecule has 1 aromatic carbocycles. The highest BCUT2D eigenvalue weighted by Crippen LogP contribution is 2.25. The molecule has 1 aliphatic rings. The first-order valence-electron chi connectivity index (χ1n) is 7.72. The number of nitrogens with one attached hydrogen (secondary N) is 1. The normalized spacial score (nSPS) is 16.9. The van der Waals surface area contributed by atoms with Crippen molar-refractivity contribution >= 4 is 22.8 Å². The number of amides is 1. The fraction of sp³-hybridized carbons (Fsp3) is 0.278. The topological polar surface area (TPSA) is 68.3 Å². The molecule has 1 aliphatic heterocycles. The SMILES string of the molecule is Cc1cccc(Oc2ccc(C(=O)N[C@H]3CCSC3=O)cn2)c1C. The van der Waals surface area contributed by atoms with Crippen molar-refractivity contribution in [3.8, 4) is 11.6 Å². The van der Waals surface area contributed by atoms with Gasteiger partial charge in [-0.2, -0.15) is 0 Å². The maximum Gasteiger partial charge on any atom is 0.253 e.